The van der Waals surface area contributed by atoms with Gasteiger partial charge in [-0.25, -0.2) is 9.97 Å². The molecule has 0 radical (unpaired) electrons. The molecule has 152 valence electrons. The number of thiophene rings is 1. The fourth-order valence-corrected chi connectivity index (χ4v) is 5.56. The fourth-order valence-electron chi connectivity index (χ4n) is 4.43. The van der Waals surface area contributed by atoms with Crippen LogP contribution in [-0.4, -0.2) is 26.0 Å². The minimum Gasteiger partial charge on any atom is -0.340 e. The molecule has 2 saturated carbocycles. The fraction of sp³-hybridized carbons (Fsp3) is 0.571. The summed E-state index contributed by atoms with van der Waals surface area (Å²) in [4.78, 5) is 29.0. The highest BCUT2D eigenvalue weighted by atomic mass is 32.1. The topological polar surface area (TPSA) is 93.8 Å². The predicted octanol–water partition coefficient (Wildman–Crippen LogP) is 4.47. The number of hydrogen-bond donors (Lipinski definition) is 1. The summed E-state index contributed by atoms with van der Waals surface area (Å²) in [6.45, 7) is 5.79. The van der Waals surface area contributed by atoms with Crippen molar-refractivity contribution in [2.45, 2.75) is 77.2 Å². The molecule has 5 rings (SSSR count). The molecule has 2 aliphatic rings. The van der Waals surface area contributed by atoms with Crippen molar-refractivity contribution in [3.05, 3.63) is 33.7 Å². The van der Waals surface area contributed by atoms with Gasteiger partial charge in [0.1, 0.15) is 16.2 Å². The molecule has 2 aliphatic carbocycles. The van der Waals surface area contributed by atoms with Crippen LogP contribution in [0.5, 0.6) is 0 Å². The maximum Gasteiger partial charge on any atom is 0.262 e. The Hall–Kier alpha value is -2.35. The number of carbonyl (C=O) groups is 1. The second kappa shape index (κ2) is 6.86. The molecule has 1 amide bonds. The van der Waals surface area contributed by atoms with Gasteiger partial charge in [0, 0.05) is 18.2 Å². The van der Waals surface area contributed by atoms with Crippen LogP contribution in [0.1, 0.15) is 89.3 Å². The number of carbonyl (C=O) groups excluding carboxylic acids is 1. The molecule has 0 unspecified atom stereocenters. The van der Waals surface area contributed by atoms with Gasteiger partial charge in [-0.1, -0.05) is 24.4 Å². The van der Waals surface area contributed by atoms with Crippen LogP contribution in [0.3, 0.4) is 0 Å². The van der Waals surface area contributed by atoms with Crippen LogP contribution in [0.4, 0.5) is 0 Å². The molecule has 29 heavy (non-hydrogen) atoms. The van der Waals surface area contributed by atoms with E-state index in [1.54, 1.807) is 6.92 Å². The van der Waals surface area contributed by atoms with Crippen LogP contribution in [0.25, 0.3) is 10.2 Å². The van der Waals surface area contributed by atoms with E-state index in [9.17, 15) is 4.79 Å². The summed E-state index contributed by atoms with van der Waals surface area (Å²) >= 11 is 1.47. The Morgan fingerprint density at radius 1 is 1.10 bits per heavy atom. The number of nitrogens with one attached hydrogen (secondary N) is 1. The van der Waals surface area contributed by atoms with E-state index in [0.717, 1.165) is 72.2 Å². The summed E-state index contributed by atoms with van der Waals surface area (Å²) < 4.78 is 5.23. The molecule has 8 heteroatoms. The number of rotatable bonds is 4. The molecule has 3 aromatic rings. The molecule has 1 N–H and O–H groups in total. The van der Waals surface area contributed by atoms with Gasteiger partial charge >= 0.3 is 0 Å². The number of amides is 1. The van der Waals surface area contributed by atoms with E-state index in [4.69, 9.17) is 14.5 Å². The lowest BCUT2D eigenvalue weighted by Crippen LogP contribution is -2.48. The molecule has 3 heterocycles. The van der Waals surface area contributed by atoms with E-state index in [0.29, 0.717) is 22.5 Å². The van der Waals surface area contributed by atoms with Crippen molar-refractivity contribution in [2.24, 2.45) is 0 Å². The van der Waals surface area contributed by atoms with Crippen molar-refractivity contribution in [3.8, 4) is 0 Å². The number of nitrogens with zero attached hydrogens (tertiary/aromatic N) is 4. The standard InChI is InChI=1S/C21H25N5O2S/c1-11-15-12(2)22-17(14-7-8-14)24-19(15)29-16(11)18(27)25-21(9-5-4-6-10-21)20-23-13(3)28-26-20/h14H,4-10H2,1-3H3,(H,25,27). The van der Waals surface area contributed by atoms with Gasteiger partial charge in [0.2, 0.25) is 5.89 Å². The second-order valence-corrected chi connectivity index (χ2v) is 9.41. The third-order valence-electron chi connectivity index (χ3n) is 6.15. The largest absolute Gasteiger partial charge is 0.340 e. The Balaban J connectivity index is 1.51. The van der Waals surface area contributed by atoms with Gasteiger partial charge in [0.25, 0.3) is 5.91 Å². The molecule has 0 aliphatic heterocycles. The Bertz CT molecular complexity index is 1090. The summed E-state index contributed by atoms with van der Waals surface area (Å²) in [6, 6.07) is 0. The summed E-state index contributed by atoms with van der Waals surface area (Å²) in [5.74, 6) is 2.45. The first kappa shape index (κ1) is 18.7. The van der Waals surface area contributed by atoms with E-state index < -0.39 is 5.54 Å². The summed E-state index contributed by atoms with van der Waals surface area (Å²) in [7, 11) is 0. The summed E-state index contributed by atoms with van der Waals surface area (Å²) in [6.07, 6.45) is 7.21. The third-order valence-corrected chi connectivity index (χ3v) is 7.34. The molecule has 3 aromatic heterocycles. The average Bonchev–Trinajstić information content (AvgIpc) is 3.37. The quantitative estimate of drug-likeness (QED) is 0.681. The van der Waals surface area contributed by atoms with Gasteiger partial charge in [0.15, 0.2) is 5.82 Å². The van der Waals surface area contributed by atoms with Gasteiger partial charge in [0.05, 0.1) is 10.6 Å². The lowest BCUT2D eigenvalue weighted by atomic mass is 9.81. The Morgan fingerprint density at radius 2 is 1.86 bits per heavy atom. The molecule has 0 saturated heterocycles. The van der Waals surface area contributed by atoms with E-state index >= 15 is 0 Å². The first-order valence-corrected chi connectivity index (χ1v) is 11.2. The van der Waals surface area contributed by atoms with E-state index in [2.05, 4.69) is 15.5 Å². The lowest BCUT2D eigenvalue weighted by Gasteiger charge is -2.35. The van der Waals surface area contributed by atoms with Crippen molar-refractivity contribution < 1.29 is 9.32 Å². The molecular formula is C21H25N5O2S. The molecule has 0 spiro atoms. The molecule has 0 aromatic carbocycles. The molecule has 0 bridgehead atoms. The number of hydrogen-bond acceptors (Lipinski definition) is 7. The second-order valence-electron chi connectivity index (χ2n) is 8.41. The van der Waals surface area contributed by atoms with Crippen LogP contribution >= 0.6 is 11.3 Å². The maximum atomic E-state index is 13.4. The Kier molecular flexibility index (Phi) is 4.42. The lowest BCUT2D eigenvalue weighted by molar-refractivity contribution is 0.0859. The van der Waals surface area contributed by atoms with E-state index in [1.165, 1.54) is 11.3 Å². The van der Waals surface area contributed by atoms with Gasteiger partial charge in [-0.2, -0.15) is 4.98 Å². The number of aromatic nitrogens is 4. The van der Waals surface area contributed by atoms with Crippen LogP contribution in [0, 0.1) is 20.8 Å². The summed E-state index contributed by atoms with van der Waals surface area (Å²) in [5, 5.41) is 8.46. The van der Waals surface area contributed by atoms with Gasteiger partial charge in [-0.15, -0.1) is 11.3 Å². The van der Waals surface area contributed by atoms with Crippen LogP contribution in [-0.2, 0) is 5.54 Å². The predicted molar refractivity (Wildman–Crippen MR) is 110 cm³/mol. The van der Waals surface area contributed by atoms with Crippen molar-refractivity contribution >= 4 is 27.5 Å². The van der Waals surface area contributed by atoms with Crippen LogP contribution in [0.15, 0.2) is 4.52 Å². The van der Waals surface area contributed by atoms with E-state index in [-0.39, 0.29) is 5.91 Å². The van der Waals surface area contributed by atoms with Gasteiger partial charge < -0.3 is 9.84 Å². The molecule has 7 nitrogen and oxygen atoms in total. The Morgan fingerprint density at radius 3 is 2.52 bits per heavy atom. The SMILES string of the molecule is Cc1nc(C2(NC(=O)c3sc4nc(C5CC5)nc(C)c4c3C)CCCCC2)no1. The van der Waals surface area contributed by atoms with Crippen molar-refractivity contribution in [3.63, 3.8) is 0 Å². The number of fused-ring (bicyclic) bond motifs is 1. The minimum absolute atomic E-state index is 0.0813. The first-order valence-electron chi connectivity index (χ1n) is 10.4. The van der Waals surface area contributed by atoms with Crippen LogP contribution in [0.2, 0.25) is 0 Å². The number of aryl methyl sites for hydroxylation is 3. The van der Waals surface area contributed by atoms with Crippen molar-refractivity contribution in [2.75, 3.05) is 0 Å². The molecular weight excluding hydrogens is 386 g/mol. The van der Waals surface area contributed by atoms with Crippen molar-refractivity contribution in [1.29, 1.82) is 0 Å². The molecule has 2 fully saturated rings. The third kappa shape index (κ3) is 3.23. The minimum atomic E-state index is -0.560. The highest BCUT2D eigenvalue weighted by Crippen LogP contribution is 2.41. The monoisotopic (exact) mass is 411 g/mol. The molecule has 0 atom stereocenters. The van der Waals surface area contributed by atoms with Gasteiger partial charge in [-0.3, -0.25) is 4.79 Å². The highest BCUT2D eigenvalue weighted by Gasteiger charge is 2.40. The smallest absolute Gasteiger partial charge is 0.262 e. The normalized spacial score (nSPS) is 18.9. The average molecular weight is 412 g/mol. The van der Waals surface area contributed by atoms with Gasteiger partial charge in [-0.05, 0) is 45.1 Å². The highest BCUT2D eigenvalue weighted by molar-refractivity contribution is 7.20. The van der Waals surface area contributed by atoms with Crippen molar-refractivity contribution in [1.82, 2.24) is 25.4 Å². The first-order chi connectivity index (χ1) is 14.0. The zero-order chi connectivity index (χ0) is 20.2. The zero-order valence-electron chi connectivity index (χ0n) is 17.0. The van der Waals surface area contributed by atoms with Crippen LogP contribution < -0.4 is 5.32 Å². The summed E-state index contributed by atoms with van der Waals surface area (Å²) in [5.41, 5.74) is 1.36. The van der Waals surface area contributed by atoms with E-state index in [1.807, 2.05) is 13.8 Å². The Labute approximate surface area is 173 Å². The zero-order valence-corrected chi connectivity index (χ0v) is 17.9. The maximum absolute atomic E-state index is 13.4.